The van der Waals surface area contributed by atoms with Gasteiger partial charge in [0.2, 0.25) is 11.8 Å². The molecule has 2 N–H and O–H groups in total. The summed E-state index contributed by atoms with van der Waals surface area (Å²) in [7, 11) is 0. The molecule has 2 amide bonds. The van der Waals surface area contributed by atoms with Crippen molar-refractivity contribution in [2.45, 2.75) is 17.1 Å². The summed E-state index contributed by atoms with van der Waals surface area (Å²) in [6.45, 7) is 1.47. The van der Waals surface area contributed by atoms with Crippen molar-refractivity contribution in [3.8, 4) is 0 Å². The Bertz CT molecular complexity index is 945. The highest BCUT2D eigenvalue weighted by molar-refractivity contribution is 8.00. The van der Waals surface area contributed by atoms with E-state index < -0.39 is 5.25 Å². The number of nitrogens with one attached hydrogen (secondary N) is 2. The molecule has 0 aliphatic heterocycles. The second kappa shape index (κ2) is 9.44. The van der Waals surface area contributed by atoms with Gasteiger partial charge in [-0.3, -0.25) is 9.59 Å². The van der Waals surface area contributed by atoms with Gasteiger partial charge in [-0.05, 0) is 54.1 Å². The Morgan fingerprint density at radius 3 is 2.00 bits per heavy atom. The third kappa shape index (κ3) is 5.62. The molecule has 0 saturated carbocycles. The molecule has 142 valence electrons. The lowest BCUT2D eigenvalue weighted by atomic mass is 10.1. The van der Waals surface area contributed by atoms with E-state index in [0.29, 0.717) is 10.7 Å². The fourth-order valence-electron chi connectivity index (χ4n) is 2.60. The van der Waals surface area contributed by atoms with E-state index in [1.807, 2.05) is 54.6 Å². The minimum atomic E-state index is -0.427. The summed E-state index contributed by atoms with van der Waals surface area (Å²) in [5.74, 6) is -0.241. The zero-order chi connectivity index (χ0) is 19.9. The van der Waals surface area contributed by atoms with Crippen LogP contribution in [-0.4, -0.2) is 11.8 Å². The second-order valence-electron chi connectivity index (χ2n) is 6.11. The third-order valence-electron chi connectivity index (χ3n) is 3.88. The average Bonchev–Trinajstić information content (AvgIpc) is 2.69. The number of amides is 2. The fraction of sp³-hybridized carbons (Fsp3) is 0.0909. The molecule has 0 aromatic heterocycles. The summed E-state index contributed by atoms with van der Waals surface area (Å²) in [5, 5.41) is 5.88. The molecule has 0 heterocycles. The number of anilines is 2. The number of benzene rings is 3. The van der Waals surface area contributed by atoms with Gasteiger partial charge in [0.05, 0.1) is 0 Å². The normalized spacial score (nSPS) is 11.5. The first-order chi connectivity index (χ1) is 13.5. The van der Waals surface area contributed by atoms with Crippen molar-refractivity contribution in [2.75, 3.05) is 10.6 Å². The predicted octanol–water partition coefficient (Wildman–Crippen LogP) is 5.77. The molecule has 28 heavy (non-hydrogen) atoms. The SMILES string of the molecule is CC(=O)Nc1ccc(SC(C(=O)Nc2ccc(Cl)cc2)c2ccccc2)cc1. The quantitative estimate of drug-likeness (QED) is 0.507. The Balaban J connectivity index is 1.80. The van der Waals surface area contributed by atoms with Crippen LogP contribution >= 0.6 is 23.4 Å². The van der Waals surface area contributed by atoms with E-state index in [0.717, 1.165) is 16.1 Å². The number of rotatable bonds is 6. The lowest BCUT2D eigenvalue weighted by molar-refractivity contribution is -0.116. The van der Waals surface area contributed by atoms with Crippen LogP contribution < -0.4 is 10.6 Å². The van der Waals surface area contributed by atoms with Crippen LogP contribution in [0, 0.1) is 0 Å². The molecule has 0 fully saturated rings. The van der Waals surface area contributed by atoms with Crippen LogP contribution in [0.15, 0.2) is 83.8 Å². The summed E-state index contributed by atoms with van der Waals surface area (Å²) >= 11 is 7.36. The van der Waals surface area contributed by atoms with Gasteiger partial charge in [-0.1, -0.05) is 41.9 Å². The van der Waals surface area contributed by atoms with Crippen molar-refractivity contribution in [1.29, 1.82) is 0 Å². The largest absolute Gasteiger partial charge is 0.326 e. The van der Waals surface area contributed by atoms with E-state index in [9.17, 15) is 9.59 Å². The smallest absolute Gasteiger partial charge is 0.242 e. The maximum Gasteiger partial charge on any atom is 0.242 e. The highest BCUT2D eigenvalue weighted by atomic mass is 35.5. The van der Waals surface area contributed by atoms with Crippen molar-refractivity contribution in [1.82, 2.24) is 0 Å². The first-order valence-electron chi connectivity index (χ1n) is 8.67. The molecule has 0 aliphatic rings. The van der Waals surface area contributed by atoms with Crippen molar-refractivity contribution in [2.24, 2.45) is 0 Å². The Morgan fingerprint density at radius 2 is 1.39 bits per heavy atom. The van der Waals surface area contributed by atoms with Gasteiger partial charge < -0.3 is 10.6 Å². The Hall–Kier alpha value is -2.76. The molecule has 1 unspecified atom stereocenters. The van der Waals surface area contributed by atoms with Crippen LogP contribution in [0.2, 0.25) is 5.02 Å². The molecule has 1 atom stereocenters. The Labute approximate surface area is 173 Å². The van der Waals surface area contributed by atoms with E-state index in [2.05, 4.69) is 10.6 Å². The van der Waals surface area contributed by atoms with Crippen LogP contribution in [0.25, 0.3) is 0 Å². The lowest BCUT2D eigenvalue weighted by Crippen LogP contribution is -2.19. The lowest BCUT2D eigenvalue weighted by Gasteiger charge is -2.17. The third-order valence-corrected chi connectivity index (χ3v) is 5.40. The van der Waals surface area contributed by atoms with Gasteiger partial charge in [0.1, 0.15) is 5.25 Å². The molecule has 0 spiro atoms. The Morgan fingerprint density at radius 1 is 0.821 bits per heavy atom. The number of carbonyl (C=O) groups excluding carboxylic acids is 2. The predicted molar refractivity (Wildman–Crippen MR) is 116 cm³/mol. The first-order valence-corrected chi connectivity index (χ1v) is 9.93. The van der Waals surface area contributed by atoms with Crippen molar-refractivity contribution in [3.05, 3.63) is 89.4 Å². The Kier molecular flexibility index (Phi) is 6.74. The molecule has 0 radical (unpaired) electrons. The fourth-order valence-corrected chi connectivity index (χ4v) is 3.75. The number of thioether (sulfide) groups is 1. The van der Waals surface area contributed by atoms with Gasteiger partial charge in [-0.15, -0.1) is 11.8 Å². The van der Waals surface area contributed by atoms with Crippen LogP contribution in [0.1, 0.15) is 17.7 Å². The van der Waals surface area contributed by atoms with E-state index in [-0.39, 0.29) is 11.8 Å². The van der Waals surface area contributed by atoms with E-state index in [1.54, 1.807) is 24.3 Å². The van der Waals surface area contributed by atoms with Crippen molar-refractivity contribution >= 4 is 46.6 Å². The van der Waals surface area contributed by atoms with Crippen LogP contribution in [-0.2, 0) is 9.59 Å². The van der Waals surface area contributed by atoms with Crippen molar-refractivity contribution in [3.63, 3.8) is 0 Å². The summed E-state index contributed by atoms with van der Waals surface area (Å²) in [6, 6.07) is 24.1. The number of carbonyl (C=O) groups is 2. The summed E-state index contributed by atoms with van der Waals surface area (Å²) < 4.78 is 0. The maximum atomic E-state index is 13.0. The van der Waals surface area contributed by atoms with Crippen LogP contribution in [0.4, 0.5) is 11.4 Å². The molecular formula is C22H19ClN2O2S. The van der Waals surface area contributed by atoms with E-state index >= 15 is 0 Å². The van der Waals surface area contributed by atoms with Crippen LogP contribution in [0.5, 0.6) is 0 Å². The van der Waals surface area contributed by atoms with Gasteiger partial charge >= 0.3 is 0 Å². The molecule has 0 bridgehead atoms. The van der Waals surface area contributed by atoms with Gasteiger partial charge in [0.25, 0.3) is 0 Å². The molecule has 4 nitrogen and oxygen atoms in total. The van der Waals surface area contributed by atoms with Crippen molar-refractivity contribution < 1.29 is 9.59 Å². The molecule has 3 aromatic rings. The highest BCUT2D eigenvalue weighted by Gasteiger charge is 2.22. The first kappa shape index (κ1) is 20.0. The summed E-state index contributed by atoms with van der Waals surface area (Å²) in [4.78, 5) is 25.1. The number of halogens is 1. The summed E-state index contributed by atoms with van der Waals surface area (Å²) in [6.07, 6.45) is 0. The molecular weight excluding hydrogens is 392 g/mol. The number of hydrogen-bond acceptors (Lipinski definition) is 3. The monoisotopic (exact) mass is 410 g/mol. The molecule has 3 aromatic carbocycles. The topological polar surface area (TPSA) is 58.2 Å². The summed E-state index contributed by atoms with van der Waals surface area (Å²) in [5.41, 5.74) is 2.32. The van der Waals surface area contributed by atoms with Gasteiger partial charge in [0.15, 0.2) is 0 Å². The zero-order valence-corrected chi connectivity index (χ0v) is 16.8. The van der Waals surface area contributed by atoms with Gasteiger partial charge in [-0.2, -0.15) is 0 Å². The molecule has 0 saturated heterocycles. The van der Waals surface area contributed by atoms with Crippen LogP contribution in [0.3, 0.4) is 0 Å². The minimum Gasteiger partial charge on any atom is -0.326 e. The zero-order valence-electron chi connectivity index (χ0n) is 15.2. The standard InChI is InChI=1S/C22H19ClN2O2S/c1-15(26)24-18-11-13-20(14-12-18)28-21(16-5-3-2-4-6-16)22(27)25-19-9-7-17(23)8-10-19/h2-14,21H,1H3,(H,24,26)(H,25,27). The van der Waals surface area contributed by atoms with Gasteiger partial charge in [0, 0.05) is 28.2 Å². The van der Waals surface area contributed by atoms with Gasteiger partial charge in [-0.25, -0.2) is 0 Å². The molecule has 3 rings (SSSR count). The second-order valence-corrected chi connectivity index (χ2v) is 7.73. The number of hydrogen-bond donors (Lipinski definition) is 2. The molecule has 0 aliphatic carbocycles. The van der Waals surface area contributed by atoms with E-state index in [4.69, 9.17) is 11.6 Å². The molecule has 6 heteroatoms. The van der Waals surface area contributed by atoms with E-state index in [1.165, 1.54) is 18.7 Å². The maximum absolute atomic E-state index is 13.0. The average molecular weight is 411 g/mol. The highest BCUT2D eigenvalue weighted by Crippen LogP contribution is 2.36. The minimum absolute atomic E-state index is 0.120.